The molecule has 0 aliphatic carbocycles. The molecular weight excluding hydrogens is 337 g/mol. The molecule has 2 aromatic rings. The summed E-state index contributed by atoms with van der Waals surface area (Å²) in [6.45, 7) is 1.72. The predicted molar refractivity (Wildman–Crippen MR) is 91.5 cm³/mol. The average Bonchev–Trinajstić information content (AvgIpc) is 2.55. The number of ether oxygens (including phenoxy) is 2. The zero-order chi connectivity index (χ0) is 16.8. The summed E-state index contributed by atoms with van der Waals surface area (Å²) in [7, 11) is 1.59. The van der Waals surface area contributed by atoms with Gasteiger partial charge in [0.05, 0.1) is 18.2 Å². The van der Waals surface area contributed by atoms with Crippen molar-refractivity contribution in [3.05, 3.63) is 58.1 Å². The molecule has 0 bridgehead atoms. The summed E-state index contributed by atoms with van der Waals surface area (Å²) in [5, 5.41) is 3.75. The average molecular weight is 354 g/mol. The number of methoxy groups -OCH3 is 1. The van der Waals surface area contributed by atoms with Gasteiger partial charge in [-0.15, -0.1) is 0 Å². The third kappa shape index (κ3) is 4.78. The zero-order valence-corrected chi connectivity index (χ0v) is 14.3. The predicted octanol–water partition coefficient (Wildman–Crippen LogP) is 4.26. The van der Waals surface area contributed by atoms with E-state index in [2.05, 4.69) is 5.32 Å². The molecule has 2 aromatic carbocycles. The van der Waals surface area contributed by atoms with Crippen LogP contribution in [0.5, 0.6) is 11.5 Å². The summed E-state index contributed by atoms with van der Waals surface area (Å²) in [6.07, 6.45) is 0. The Hall–Kier alpha value is -1.91. The summed E-state index contributed by atoms with van der Waals surface area (Å²) in [6, 6.07) is 12.1. The van der Waals surface area contributed by atoms with E-state index in [0.29, 0.717) is 15.8 Å². The van der Waals surface area contributed by atoms with Gasteiger partial charge in [-0.3, -0.25) is 4.79 Å². The van der Waals surface area contributed by atoms with E-state index < -0.39 is 0 Å². The highest BCUT2D eigenvalue weighted by Crippen LogP contribution is 2.28. The molecule has 0 spiro atoms. The van der Waals surface area contributed by atoms with E-state index in [1.54, 1.807) is 25.3 Å². The van der Waals surface area contributed by atoms with Gasteiger partial charge in [0.15, 0.2) is 6.61 Å². The number of amides is 1. The first-order chi connectivity index (χ1) is 11.0. The highest BCUT2D eigenvalue weighted by atomic mass is 35.5. The third-order valence-electron chi connectivity index (χ3n) is 3.23. The molecule has 4 nitrogen and oxygen atoms in total. The van der Waals surface area contributed by atoms with E-state index in [9.17, 15) is 4.79 Å². The van der Waals surface area contributed by atoms with Crippen LogP contribution in [0.2, 0.25) is 10.0 Å². The maximum Gasteiger partial charge on any atom is 0.258 e. The van der Waals surface area contributed by atoms with Crippen LogP contribution in [0.4, 0.5) is 0 Å². The van der Waals surface area contributed by atoms with Gasteiger partial charge in [-0.25, -0.2) is 0 Å². The van der Waals surface area contributed by atoms with Crippen molar-refractivity contribution in [2.75, 3.05) is 13.7 Å². The van der Waals surface area contributed by atoms with Crippen molar-refractivity contribution in [1.82, 2.24) is 5.32 Å². The van der Waals surface area contributed by atoms with Crippen molar-refractivity contribution in [2.45, 2.75) is 13.0 Å². The lowest BCUT2D eigenvalue weighted by Gasteiger charge is -2.17. The van der Waals surface area contributed by atoms with E-state index in [4.69, 9.17) is 32.7 Å². The number of hydrogen-bond donors (Lipinski definition) is 1. The number of rotatable bonds is 6. The second-order valence-electron chi connectivity index (χ2n) is 4.89. The van der Waals surface area contributed by atoms with Crippen molar-refractivity contribution in [3.8, 4) is 11.5 Å². The first-order valence-corrected chi connectivity index (χ1v) is 7.77. The molecule has 2 rings (SSSR count). The third-order valence-corrected chi connectivity index (χ3v) is 3.78. The second-order valence-corrected chi connectivity index (χ2v) is 5.74. The highest BCUT2D eigenvalue weighted by Gasteiger charge is 2.14. The summed E-state index contributed by atoms with van der Waals surface area (Å²) >= 11 is 11.9. The minimum Gasteiger partial charge on any atom is -0.496 e. The standard InChI is InChI=1S/C17H17Cl2NO3/c1-11(13-5-3-4-6-15(13)22-2)20-17(21)10-23-16-9-12(18)7-8-14(16)19/h3-9,11H,10H2,1-2H3,(H,20,21). The number of carbonyl (C=O) groups is 1. The maximum atomic E-state index is 12.0. The fourth-order valence-electron chi connectivity index (χ4n) is 2.12. The lowest BCUT2D eigenvalue weighted by Crippen LogP contribution is -2.31. The van der Waals surface area contributed by atoms with Crippen LogP contribution >= 0.6 is 23.2 Å². The summed E-state index contributed by atoms with van der Waals surface area (Å²) in [5.41, 5.74) is 0.893. The van der Waals surface area contributed by atoms with Crippen molar-refractivity contribution in [3.63, 3.8) is 0 Å². The molecule has 0 aliphatic rings. The van der Waals surface area contributed by atoms with E-state index in [-0.39, 0.29) is 18.6 Å². The van der Waals surface area contributed by atoms with Crippen molar-refractivity contribution in [1.29, 1.82) is 0 Å². The first kappa shape index (κ1) is 17.4. The quantitative estimate of drug-likeness (QED) is 0.843. The summed E-state index contributed by atoms with van der Waals surface area (Å²) < 4.78 is 10.7. The molecule has 1 atom stereocenters. The fraction of sp³-hybridized carbons (Fsp3) is 0.235. The van der Waals surface area contributed by atoms with Gasteiger partial charge >= 0.3 is 0 Å². The maximum absolute atomic E-state index is 12.0. The number of nitrogens with one attached hydrogen (secondary N) is 1. The second kappa shape index (κ2) is 8.09. The van der Waals surface area contributed by atoms with E-state index in [1.807, 2.05) is 31.2 Å². The largest absolute Gasteiger partial charge is 0.496 e. The number of carbonyl (C=O) groups excluding carboxylic acids is 1. The molecule has 122 valence electrons. The Morgan fingerprint density at radius 1 is 1.17 bits per heavy atom. The van der Waals surface area contributed by atoms with Crippen LogP contribution in [-0.2, 0) is 4.79 Å². The Balaban J connectivity index is 1.95. The van der Waals surface area contributed by atoms with Crippen LogP contribution in [0.15, 0.2) is 42.5 Å². The molecule has 23 heavy (non-hydrogen) atoms. The van der Waals surface area contributed by atoms with Gasteiger partial charge in [-0.05, 0) is 25.1 Å². The van der Waals surface area contributed by atoms with Gasteiger partial charge in [-0.1, -0.05) is 41.4 Å². The first-order valence-electron chi connectivity index (χ1n) is 7.01. The van der Waals surface area contributed by atoms with Crippen molar-refractivity contribution < 1.29 is 14.3 Å². The molecule has 1 N–H and O–H groups in total. The minimum atomic E-state index is -0.264. The number of benzene rings is 2. The topological polar surface area (TPSA) is 47.6 Å². The lowest BCUT2D eigenvalue weighted by molar-refractivity contribution is -0.123. The molecule has 0 fully saturated rings. The summed E-state index contributed by atoms with van der Waals surface area (Å²) in [5.74, 6) is 0.831. The van der Waals surface area contributed by atoms with Gasteiger partial charge < -0.3 is 14.8 Å². The lowest BCUT2D eigenvalue weighted by atomic mass is 10.1. The Morgan fingerprint density at radius 2 is 1.91 bits per heavy atom. The zero-order valence-electron chi connectivity index (χ0n) is 12.8. The normalized spacial score (nSPS) is 11.7. The van der Waals surface area contributed by atoms with Crippen LogP contribution in [0.3, 0.4) is 0 Å². The van der Waals surface area contributed by atoms with Crippen molar-refractivity contribution >= 4 is 29.1 Å². The van der Waals surface area contributed by atoms with Crippen LogP contribution < -0.4 is 14.8 Å². The van der Waals surface area contributed by atoms with Gasteiger partial charge in [0.25, 0.3) is 5.91 Å². The minimum absolute atomic E-state index is 0.153. The molecule has 0 heterocycles. The van der Waals surface area contributed by atoms with E-state index >= 15 is 0 Å². The molecule has 1 amide bonds. The van der Waals surface area contributed by atoms with Crippen molar-refractivity contribution in [2.24, 2.45) is 0 Å². The van der Waals surface area contributed by atoms with Crippen LogP contribution in [-0.4, -0.2) is 19.6 Å². The highest BCUT2D eigenvalue weighted by molar-refractivity contribution is 6.34. The molecule has 1 unspecified atom stereocenters. The summed E-state index contributed by atoms with van der Waals surface area (Å²) in [4.78, 5) is 12.0. The van der Waals surface area contributed by atoms with Crippen LogP contribution in [0, 0.1) is 0 Å². The monoisotopic (exact) mass is 353 g/mol. The molecule has 0 saturated heterocycles. The SMILES string of the molecule is COc1ccccc1C(C)NC(=O)COc1cc(Cl)ccc1Cl. The van der Waals surface area contributed by atoms with Gasteiger partial charge in [-0.2, -0.15) is 0 Å². The Labute approximate surface area is 145 Å². The molecule has 0 saturated carbocycles. The Bertz CT molecular complexity index is 691. The number of halogens is 2. The van der Waals surface area contributed by atoms with Gasteiger partial charge in [0.2, 0.25) is 0 Å². The van der Waals surface area contributed by atoms with E-state index in [0.717, 1.165) is 11.3 Å². The smallest absolute Gasteiger partial charge is 0.258 e. The molecule has 0 aliphatic heterocycles. The molecule has 6 heteroatoms. The van der Waals surface area contributed by atoms with Crippen LogP contribution in [0.1, 0.15) is 18.5 Å². The fourth-order valence-corrected chi connectivity index (χ4v) is 2.45. The van der Waals surface area contributed by atoms with Gasteiger partial charge in [0, 0.05) is 16.7 Å². The number of hydrogen-bond acceptors (Lipinski definition) is 3. The van der Waals surface area contributed by atoms with E-state index in [1.165, 1.54) is 0 Å². The molecule has 0 radical (unpaired) electrons. The number of para-hydroxylation sites is 1. The Kier molecular flexibility index (Phi) is 6.13. The molecular formula is C17H17Cl2NO3. The van der Waals surface area contributed by atoms with Crippen LogP contribution in [0.25, 0.3) is 0 Å². The van der Waals surface area contributed by atoms with Gasteiger partial charge in [0.1, 0.15) is 11.5 Å². The Morgan fingerprint density at radius 3 is 2.65 bits per heavy atom. The molecule has 0 aromatic heterocycles.